The van der Waals surface area contributed by atoms with E-state index in [9.17, 15) is 0 Å². The summed E-state index contributed by atoms with van der Waals surface area (Å²) in [6, 6.07) is 16.9. The molecule has 1 atom stereocenters. The van der Waals surface area contributed by atoms with Gasteiger partial charge in [0, 0.05) is 28.4 Å². The largest absolute Gasteiger partial charge is 0.361 e. The molecule has 0 bridgehead atoms. The van der Waals surface area contributed by atoms with E-state index in [1.807, 2.05) is 12.1 Å². The zero-order valence-electron chi connectivity index (χ0n) is 11.0. The van der Waals surface area contributed by atoms with Crippen molar-refractivity contribution in [2.45, 2.75) is 12.5 Å². The first-order valence-corrected chi connectivity index (χ1v) is 6.81. The lowest BCUT2D eigenvalue weighted by Crippen LogP contribution is -2.22. The average Bonchev–Trinajstić information content (AvgIpc) is 3.07. The first kappa shape index (κ1) is 11.3. The van der Waals surface area contributed by atoms with E-state index in [1.165, 1.54) is 22.9 Å². The third-order valence-corrected chi connectivity index (χ3v) is 4.14. The molecule has 3 nitrogen and oxygen atoms in total. The molecule has 2 N–H and O–H groups in total. The van der Waals surface area contributed by atoms with E-state index in [2.05, 4.69) is 52.5 Å². The summed E-state index contributed by atoms with van der Waals surface area (Å²) in [5.74, 6) is 0. The van der Waals surface area contributed by atoms with Crippen LogP contribution in [-0.4, -0.2) is 11.3 Å². The van der Waals surface area contributed by atoms with E-state index in [4.69, 9.17) is 5.41 Å². The highest BCUT2D eigenvalue weighted by Crippen LogP contribution is 2.41. The molecule has 0 spiro atoms. The lowest BCUT2D eigenvalue weighted by atomic mass is 10.0. The molecule has 1 aromatic heterocycles. The van der Waals surface area contributed by atoms with Crippen LogP contribution < -0.4 is 4.90 Å². The van der Waals surface area contributed by atoms with Crippen LogP contribution in [-0.2, 0) is 6.42 Å². The zero-order chi connectivity index (χ0) is 13.5. The maximum absolute atomic E-state index is 7.76. The Morgan fingerprint density at radius 2 is 1.90 bits per heavy atom. The van der Waals surface area contributed by atoms with Crippen LogP contribution in [0.5, 0.6) is 0 Å². The second-order valence-corrected chi connectivity index (χ2v) is 5.17. The van der Waals surface area contributed by atoms with Gasteiger partial charge in [0.25, 0.3) is 0 Å². The molecule has 3 aromatic rings. The van der Waals surface area contributed by atoms with Crippen molar-refractivity contribution in [1.29, 1.82) is 5.41 Å². The Balaban J connectivity index is 1.86. The van der Waals surface area contributed by atoms with Crippen LogP contribution in [0.2, 0.25) is 0 Å². The number of hydrogen-bond acceptors (Lipinski definition) is 1. The molecule has 2 aromatic carbocycles. The van der Waals surface area contributed by atoms with E-state index < -0.39 is 0 Å². The molecule has 0 amide bonds. The van der Waals surface area contributed by atoms with Gasteiger partial charge in [0.2, 0.25) is 0 Å². The maximum Gasteiger partial charge on any atom is 0.0867 e. The number of rotatable bonds is 2. The normalized spacial score (nSPS) is 17.4. The van der Waals surface area contributed by atoms with Crippen molar-refractivity contribution >= 4 is 22.9 Å². The van der Waals surface area contributed by atoms with Gasteiger partial charge in [0.15, 0.2) is 0 Å². The second-order valence-electron chi connectivity index (χ2n) is 5.17. The molecule has 0 saturated heterocycles. The molecular weight excluding hydrogens is 246 g/mol. The minimum absolute atomic E-state index is 0.209. The number of benzene rings is 2. The van der Waals surface area contributed by atoms with E-state index in [0.29, 0.717) is 0 Å². The number of nitrogens with zero attached hydrogens (tertiary/aromatic N) is 1. The molecule has 98 valence electrons. The summed E-state index contributed by atoms with van der Waals surface area (Å²) < 4.78 is 0. The predicted molar refractivity (Wildman–Crippen MR) is 82.4 cm³/mol. The van der Waals surface area contributed by atoms with Crippen LogP contribution in [0.25, 0.3) is 10.9 Å². The first-order valence-electron chi connectivity index (χ1n) is 6.81. The Labute approximate surface area is 117 Å². The summed E-state index contributed by atoms with van der Waals surface area (Å²) in [4.78, 5) is 5.40. The summed E-state index contributed by atoms with van der Waals surface area (Å²) in [7, 11) is 0. The van der Waals surface area contributed by atoms with Gasteiger partial charge in [-0.05, 0) is 24.1 Å². The van der Waals surface area contributed by atoms with Crippen LogP contribution >= 0.6 is 0 Å². The Morgan fingerprint density at radius 1 is 1.10 bits per heavy atom. The van der Waals surface area contributed by atoms with Gasteiger partial charge in [-0.2, -0.15) is 0 Å². The van der Waals surface area contributed by atoms with Gasteiger partial charge >= 0.3 is 0 Å². The number of aromatic amines is 1. The summed E-state index contributed by atoms with van der Waals surface area (Å²) in [6.07, 6.45) is 4.48. The van der Waals surface area contributed by atoms with Crippen molar-refractivity contribution in [1.82, 2.24) is 4.98 Å². The summed E-state index contributed by atoms with van der Waals surface area (Å²) in [5, 5.41) is 9.01. The third kappa shape index (κ3) is 1.50. The number of fused-ring (bicyclic) bond motifs is 2. The Bertz CT molecular complexity index is 788. The van der Waals surface area contributed by atoms with Crippen molar-refractivity contribution in [3.63, 3.8) is 0 Å². The number of anilines is 1. The Hall–Kier alpha value is -2.55. The van der Waals surface area contributed by atoms with Crippen molar-refractivity contribution in [2.75, 3.05) is 4.90 Å². The SMILES string of the molecule is N=CN1c2ccccc2CC1c1c[nH]c2ccccc12. The maximum atomic E-state index is 7.76. The second kappa shape index (κ2) is 4.23. The molecule has 0 fully saturated rings. The van der Waals surface area contributed by atoms with Crippen molar-refractivity contribution in [2.24, 2.45) is 0 Å². The third-order valence-electron chi connectivity index (χ3n) is 4.14. The highest BCUT2D eigenvalue weighted by atomic mass is 15.2. The van der Waals surface area contributed by atoms with Crippen LogP contribution in [0, 0.1) is 5.41 Å². The highest BCUT2D eigenvalue weighted by Gasteiger charge is 2.30. The molecular formula is C17H15N3. The number of para-hydroxylation sites is 2. The molecule has 0 radical (unpaired) electrons. The molecule has 20 heavy (non-hydrogen) atoms. The summed E-state index contributed by atoms with van der Waals surface area (Å²) in [6.45, 7) is 0. The Morgan fingerprint density at radius 3 is 2.80 bits per heavy atom. The molecule has 0 aliphatic carbocycles. The number of aromatic nitrogens is 1. The predicted octanol–water partition coefficient (Wildman–Crippen LogP) is 3.88. The lowest BCUT2D eigenvalue weighted by Gasteiger charge is -2.22. The van der Waals surface area contributed by atoms with Crippen LogP contribution in [0.1, 0.15) is 17.2 Å². The first-order chi connectivity index (χ1) is 9.88. The summed E-state index contributed by atoms with van der Waals surface area (Å²) in [5.41, 5.74) is 4.88. The molecule has 4 rings (SSSR count). The zero-order valence-corrected chi connectivity index (χ0v) is 11.0. The van der Waals surface area contributed by atoms with Crippen LogP contribution in [0.15, 0.2) is 54.7 Å². The standard InChI is InChI=1S/C17H15N3/c18-11-20-16-8-4-1-5-12(16)9-17(20)14-10-19-15-7-3-2-6-13(14)15/h1-8,10-11,17-19H,9H2. The Kier molecular flexibility index (Phi) is 2.39. The fourth-order valence-electron chi connectivity index (χ4n) is 3.20. The van der Waals surface area contributed by atoms with Gasteiger partial charge in [-0.1, -0.05) is 36.4 Å². The average molecular weight is 261 g/mol. The molecule has 3 heteroatoms. The minimum Gasteiger partial charge on any atom is -0.361 e. The van der Waals surface area contributed by atoms with Crippen molar-refractivity contribution in [3.8, 4) is 0 Å². The highest BCUT2D eigenvalue weighted by molar-refractivity contribution is 5.88. The van der Waals surface area contributed by atoms with Crippen LogP contribution in [0.3, 0.4) is 0 Å². The monoisotopic (exact) mass is 261 g/mol. The molecule has 1 aliphatic heterocycles. The van der Waals surface area contributed by atoms with Gasteiger partial charge in [-0.25, -0.2) is 0 Å². The number of hydrogen-bond donors (Lipinski definition) is 2. The smallest absolute Gasteiger partial charge is 0.0867 e. The fourth-order valence-corrected chi connectivity index (χ4v) is 3.20. The number of H-pyrrole nitrogens is 1. The fraction of sp³-hybridized carbons (Fsp3) is 0.118. The molecule has 1 unspecified atom stereocenters. The molecule has 0 saturated carbocycles. The number of nitrogens with one attached hydrogen (secondary N) is 2. The van der Waals surface area contributed by atoms with E-state index in [0.717, 1.165) is 17.6 Å². The van der Waals surface area contributed by atoms with E-state index >= 15 is 0 Å². The van der Waals surface area contributed by atoms with E-state index in [1.54, 1.807) is 0 Å². The lowest BCUT2D eigenvalue weighted by molar-refractivity contribution is 0.768. The molecule has 2 heterocycles. The van der Waals surface area contributed by atoms with Crippen molar-refractivity contribution < 1.29 is 0 Å². The van der Waals surface area contributed by atoms with Gasteiger partial charge in [-0.3, -0.25) is 5.41 Å². The van der Waals surface area contributed by atoms with Gasteiger partial charge in [0.1, 0.15) is 0 Å². The van der Waals surface area contributed by atoms with Gasteiger partial charge in [0.05, 0.1) is 12.4 Å². The van der Waals surface area contributed by atoms with Crippen molar-refractivity contribution in [3.05, 3.63) is 65.9 Å². The van der Waals surface area contributed by atoms with E-state index in [-0.39, 0.29) is 6.04 Å². The molecule has 1 aliphatic rings. The van der Waals surface area contributed by atoms with Crippen LogP contribution in [0.4, 0.5) is 5.69 Å². The van der Waals surface area contributed by atoms with Gasteiger partial charge < -0.3 is 9.88 Å². The minimum atomic E-state index is 0.209. The van der Waals surface area contributed by atoms with Gasteiger partial charge in [-0.15, -0.1) is 0 Å². The quantitative estimate of drug-likeness (QED) is 0.533. The summed E-state index contributed by atoms with van der Waals surface area (Å²) >= 11 is 0. The topological polar surface area (TPSA) is 42.9 Å².